The predicted octanol–water partition coefficient (Wildman–Crippen LogP) is 21.0. The average Bonchev–Trinajstić information content (AvgIpc) is 4.32. The van der Waals surface area contributed by atoms with Crippen LogP contribution in [-0.2, 0) is 0 Å². The number of para-hydroxylation sites is 9. The molecule has 0 spiro atoms. The van der Waals surface area contributed by atoms with Crippen molar-refractivity contribution in [2.24, 2.45) is 0 Å². The second kappa shape index (κ2) is 19.0. The second-order valence-corrected chi connectivity index (χ2v) is 21.2. The summed E-state index contributed by atoms with van der Waals surface area (Å²) in [5, 5.41) is 7.44. The summed E-state index contributed by atoms with van der Waals surface area (Å²) in [6.07, 6.45) is 0. The molecular formula is C78H51N3. The van der Waals surface area contributed by atoms with E-state index in [2.05, 4.69) is 323 Å². The van der Waals surface area contributed by atoms with Crippen LogP contribution >= 0.6 is 0 Å². The van der Waals surface area contributed by atoms with Crippen molar-refractivity contribution in [2.45, 2.75) is 0 Å². The highest BCUT2D eigenvalue weighted by Crippen LogP contribution is 2.44. The lowest BCUT2D eigenvalue weighted by atomic mass is 9.90. The molecular weight excluding hydrogens is 979 g/mol. The molecule has 0 N–H and O–H groups in total. The molecule has 16 aromatic rings. The lowest BCUT2D eigenvalue weighted by molar-refractivity contribution is 1.18. The maximum atomic E-state index is 2.44. The predicted molar refractivity (Wildman–Crippen MR) is 342 cm³/mol. The van der Waals surface area contributed by atoms with E-state index >= 15 is 0 Å². The highest BCUT2D eigenvalue weighted by atomic mass is 15.0. The first-order chi connectivity index (χ1) is 40.2. The fourth-order valence-electron chi connectivity index (χ4n) is 13.0. The molecule has 3 nitrogen and oxygen atoms in total. The highest BCUT2D eigenvalue weighted by molar-refractivity contribution is 6.16. The van der Waals surface area contributed by atoms with Crippen LogP contribution in [0.5, 0.6) is 0 Å². The Labute approximate surface area is 469 Å². The fraction of sp³-hybridized carbons (Fsp3) is 0. The van der Waals surface area contributed by atoms with Gasteiger partial charge in [0.1, 0.15) is 0 Å². The van der Waals surface area contributed by atoms with Gasteiger partial charge in [-0.15, -0.1) is 0 Å². The number of hydrogen-bond acceptors (Lipinski definition) is 0. The van der Waals surface area contributed by atoms with Crippen molar-refractivity contribution in [3.63, 3.8) is 0 Å². The molecule has 0 unspecified atom stereocenters. The Bertz CT molecular complexity index is 4570. The van der Waals surface area contributed by atoms with Crippen LogP contribution < -0.4 is 0 Å². The van der Waals surface area contributed by atoms with Crippen LogP contribution in [-0.4, -0.2) is 13.7 Å². The molecule has 0 amide bonds. The van der Waals surface area contributed by atoms with Gasteiger partial charge in [-0.1, -0.05) is 218 Å². The Hall–Kier alpha value is -10.7. The van der Waals surface area contributed by atoms with Crippen LogP contribution in [0.1, 0.15) is 0 Å². The molecule has 3 aromatic heterocycles. The first kappa shape index (κ1) is 46.4. The van der Waals surface area contributed by atoms with Crippen LogP contribution in [0.25, 0.3) is 149 Å². The topological polar surface area (TPSA) is 14.8 Å². The Morgan fingerprint density at radius 3 is 0.704 bits per heavy atom. The molecule has 0 aliphatic heterocycles. The molecule has 0 radical (unpaired) electrons. The van der Waals surface area contributed by atoms with Gasteiger partial charge in [-0.3, -0.25) is 0 Å². The molecule has 0 saturated carbocycles. The summed E-state index contributed by atoms with van der Waals surface area (Å²) >= 11 is 0. The minimum absolute atomic E-state index is 1.14. The van der Waals surface area contributed by atoms with Gasteiger partial charge >= 0.3 is 0 Å². The number of benzene rings is 13. The smallest absolute Gasteiger partial charge is 0.0619 e. The summed E-state index contributed by atoms with van der Waals surface area (Å²) in [7, 11) is 0. The fourth-order valence-corrected chi connectivity index (χ4v) is 13.0. The minimum Gasteiger partial charge on any atom is -0.309 e. The average molecular weight is 1030 g/mol. The molecule has 3 heteroatoms. The van der Waals surface area contributed by atoms with Crippen molar-refractivity contribution < 1.29 is 0 Å². The van der Waals surface area contributed by atoms with E-state index in [1.54, 1.807) is 0 Å². The van der Waals surface area contributed by atoms with E-state index in [4.69, 9.17) is 0 Å². The van der Waals surface area contributed by atoms with Crippen molar-refractivity contribution in [3.8, 4) is 83.8 Å². The van der Waals surface area contributed by atoms with Gasteiger partial charge in [0.25, 0.3) is 0 Å². The zero-order chi connectivity index (χ0) is 53.4. The molecule has 0 atom stereocenters. The lowest BCUT2D eigenvalue weighted by Crippen LogP contribution is -1.95. The standard InChI is InChI=1S/C78H51N3/c1-4-28-61(29-5-1)79-73-43-13-10-34-67(73)70-40-19-37-64(76(70)79)55-25-16-22-52(46-55)58-49-59(53-23-17-26-56(47-53)65-38-20-41-71-68-35-11-14-44-74(68)80(77(65)71)62-30-6-2-7-31-62)51-60(50-58)54-24-18-27-57(48-54)66-39-21-42-72-69-36-12-15-45-75(69)81(78(66)72)63-32-8-3-9-33-63/h1-51H. The molecule has 0 saturated heterocycles. The van der Waals surface area contributed by atoms with Crippen LogP contribution in [0.4, 0.5) is 0 Å². The van der Waals surface area contributed by atoms with E-state index in [0.29, 0.717) is 0 Å². The van der Waals surface area contributed by atoms with E-state index in [1.165, 1.54) is 82.1 Å². The van der Waals surface area contributed by atoms with Gasteiger partial charge in [0.2, 0.25) is 0 Å². The van der Waals surface area contributed by atoms with Gasteiger partial charge in [-0.25, -0.2) is 0 Å². The van der Waals surface area contributed by atoms with Crippen LogP contribution in [0.15, 0.2) is 309 Å². The summed E-state index contributed by atoms with van der Waals surface area (Å²) in [6, 6.07) is 114. The number of aromatic nitrogens is 3. The lowest BCUT2D eigenvalue weighted by Gasteiger charge is -2.16. The third kappa shape index (κ3) is 7.66. The first-order valence-electron chi connectivity index (χ1n) is 27.9. The number of hydrogen-bond donors (Lipinski definition) is 0. The maximum Gasteiger partial charge on any atom is 0.0619 e. The van der Waals surface area contributed by atoms with Gasteiger partial charge in [0, 0.05) is 66.1 Å². The van der Waals surface area contributed by atoms with Crippen molar-refractivity contribution in [2.75, 3.05) is 0 Å². The van der Waals surface area contributed by atoms with Crippen molar-refractivity contribution in [1.82, 2.24) is 13.7 Å². The quantitative estimate of drug-likeness (QED) is 0.137. The number of nitrogens with zero attached hydrogens (tertiary/aromatic N) is 3. The molecule has 0 fully saturated rings. The zero-order valence-electron chi connectivity index (χ0n) is 44.3. The van der Waals surface area contributed by atoms with Crippen molar-refractivity contribution in [1.29, 1.82) is 0 Å². The van der Waals surface area contributed by atoms with Crippen molar-refractivity contribution in [3.05, 3.63) is 309 Å². The largest absolute Gasteiger partial charge is 0.309 e. The molecule has 378 valence electrons. The van der Waals surface area contributed by atoms with Crippen LogP contribution in [0.2, 0.25) is 0 Å². The molecule has 13 aromatic carbocycles. The Morgan fingerprint density at radius 1 is 0.160 bits per heavy atom. The van der Waals surface area contributed by atoms with E-state index in [1.807, 2.05) is 0 Å². The Morgan fingerprint density at radius 2 is 0.395 bits per heavy atom. The summed E-state index contributed by atoms with van der Waals surface area (Å²) in [5.74, 6) is 0. The maximum absolute atomic E-state index is 2.44. The highest BCUT2D eigenvalue weighted by Gasteiger charge is 2.21. The molecule has 16 rings (SSSR count). The number of rotatable bonds is 9. The summed E-state index contributed by atoms with van der Waals surface area (Å²) in [4.78, 5) is 0. The third-order valence-corrected chi connectivity index (χ3v) is 16.6. The molecule has 0 bridgehead atoms. The van der Waals surface area contributed by atoms with Crippen LogP contribution in [0, 0.1) is 0 Å². The summed E-state index contributed by atoms with van der Waals surface area (Å²) < 4.78 is 7.31. The number of fused-ring (bicyclic) bond motifs is 9. The minimum atomic E-state index is 1.14. The van der Waals surface area contributed by atoms with E-state index in [9.17, 15) is 0 Å². The molecule has 3 heterocycles. The van der Waals surface area contributed by atoms with Gasteiger partial charge in [-0.05, 0) is 141 Å². The summed E-state index contributed by atoms with van der Waals surface area (Å²) in [5.41, 5.74) is 24.6. The van der Waals surface area contributed by atoms with E-state index in [-0.39, 0.29) is 0 Å². The normalized spacial score (nSPS) is 11.7. The van der Waals surface area contributed by atoms with Gasteiger partial charge in [0.05, 0.1) is 33.1 Å². The molecule has 0 aliphatic rings. The van der Waals surface area contributed by atoms with Gasteiger partial charge in [0.15, 0.2) is 0 Å². The first-order valence-corrected chi connectivity index (χ1v) is 27.9. The monoisotopic (exact) mass is 1030 g/mol. The Kier molecular flexibility index (Phi) is 10.9. The zero-order valence-corrected chi connectivity index (χ0v) is 44.3. The SMILES string of the molecule is c1ccc(-n2c3ccccc3c3cccc(-c4cccc(-c5cc(-c6cccc(-c7cccc8c9ccccc9n(-c9ccccc9)c78)c6)cc(-c6cccc(-c7cccc8c9ccccc9n(-c9ccccc9)c78)c6)c5)c4)c32)cc1. The van der Waals surface area contributed by atoms with Crippen molar-refractivity contribution >= 4 is 65.4 Å². The van der Waals surface area contributed by atoms with E-state index in [0.717, 1.165) is 67.1 Å². The molecule has 0 aliphatic carbocycles. The summed E-state index contributed by atoms with van der Waals surface area (Å²) in [6.45, 7) is 0. The van der Waals surface area contributed by atoms with Gasteiger partial charge in [-0.2, -0.15) is 0 Å². The van der Waals surface area contributed by atoms with Gasteiger partial charge < -0.3 is 13.7 Å². The van der Waals surface area contributed by atoms with E-state index < -0.39 is 0 Å². The second-order valence-electron chi connectivity index (χ2n) is 21.2. The van der Waals surface area contributed by atoms with Crippen LogP contribution in [0.3, 0.4) is 0 Å². The Balaban J connectivity index is 0.895. The third-order valence-electron chi connectivity index (χ3n) is 16.6. The molecule has 81 heavy (non-hydrogen) atoms.